The van der Waals surface area contributed by atoms with Gasteiger partial charge in [0.25, 0.3) is 0 Å². The average molecular weight is 233 g/mol. The summed E-state index contributed by atoms with van der Waals surface area (Å²) in [5.41, 5.74) is 2.13. The zero-order valence-electron chi connectivity index (χ0n) is 9.82. The molecule has 1 aromatic heterocycles. The van der Waals surface area contributed by atoms with Crippen LogP contribution in [0.5, 0.6) is 0 Å². The molecule has 2 rings (SSSR count). The first kappa shape index (κ1) is 11.9. The van der Waals surface area contributed by atoms with Gasteiger partial charge in [0.1, 0.15) is 5.82 Å². The number of nitrogens with one attached hydrogen (secondary N) is 1. The fourth-order valence-corrected chi connectivity index (χ4v) is 1.77. The van der Waals surface area contributed by atoms with Gasteiger partial charge in [-0.15, -0.1) is 0 Å². The fraction of sp³-hybridized carbons (Fsp3) is 0.286. The van der Waals surface area contributed by atoms with Crippen molar-refractivity contribution >= 4 is 0 Å². The van der Waals surface area contributed by atoms with Crippen molar-refractivity contribution in [3.63, 3.8) is 0 Å². The molecule has 0 saturated carbocycles. The van der Waals surface area contributed by atoms with Crippen molar-refractivity contribution in [1.82, 2.24) is 5.32 Å². The zero-order valence-corrected chi connectivity index (χ0v) is 9.82. The van der Waals surface area contributed by atoms with Gasteiger partial charge in [0.05, 0.1) is 12.5 Å². The molecule has 0 radical (unpaired) electrons. The average Bonchev–Trinajstić information content (AvgIpc) is 2.79. The fourth-order valence-electron chi connectivity index (χ4n) is 1.77. The van der Waals surface area contributed by atoms with E-state index >= 15 is 0 Å². The number of furan rings is 1. The minimum absolute atomic E-state index is 0.176. The molecule has 1 heterocycles. The highest BCUT2D eigenvalue weighted by Gasteiger charge is 2.04. The Morgan fingerprint density at radius 1 is 1.29 bits per heavy atom. The predicted molar refractivity (Wildman–Crippen MR) is 65.1 cm³/mol. The molecule has 1 atom stereocenters. The van der Waals surface area contributed by atoms with Crippen molar-refractivity contribution < 1.29 is 8.81 Å². The molecule has 0 amide bonds. The highest BCUT2D eigenvalue weighted by molar-refractivity contribution is 5.17. The van der Waals surface area contributed by atoms with Crippen molar-refractivity contribution in [3.8, 4) is 0 Å². The molecular formula is C14H16FNO. The van der Waals surface area contributed by atoms with Crippen molar-refractivity contribution in [2.24, 2.45) is 0 Å². The van der Waals surface area contributed by atoms with E-state index in [4.69, 9.17) is 4.42 Å². The van der Waals surface area contributed by atoms with Crippen LogP contribution in [0.3, 0.4) is 0 Å². The van der Waals surface area contributed by atoms with Crippen LogP contribution < -0.4 is 5.32 Å². The molecule has 0 fully saturated rings. The second-order valence-corrected chi connectivity index (χ2v) is 4.25. The molecule has 2 aromatic rings. The van der Waals surface area contributed by atoms with Crippen LogP contribution in [0, 0.1) is 5.82 Å². The lowest BCUT2D eigenvalue weighted by Gasteiger charge is -2.13. The van der Waals surface area contributed by atoms with Crippen LogP contribution in [0.1, 0.15) is 18.1 Å². The lowest BCUT2D eigenvalue weighted by Crippen LogP contribution is -2.27. The third kappa shape index (κ3) is 3.71. The maximum atomic E-state index is 13.0. The highest BCUT2D eigenvalue weighted by atomic mass is 19.1. The Morgan fingerprint density at radius 2 is 2.18 bits per heavy atom. The Labute approximate surface area is 100 Å². The van der Waals surface area contributed by atoms with E-state index in [-0.39, 0.29) is 5.82 Å². The number of benzene rings is 1. The molecule has 0 spiro atoms. The minimum atomic E-state index is -0.176. The van der Waals surface area contributed by atoms with Crippen LogP contribution in [0.25, 0.3) is 0 Å². The summed E-state index contributed by atoms with van der Waals surface area (Å²) in [7, 11) is 0. The SMILES string of the molecule is CC(Cc1cccc(F)c1)NCc1ccoc1. The van der Waals surface area contributed by atoms with Gasteiger partial charge in [0, 0.05) is 18.2 Å². The Hall–Kier alpha value is -1.61. The van der Waals surface area contributed by atoms with Crippen molar-refractivity contribution in [2.45, 2.75) is 25.9 Å². The second-order valence-electron chi connectivity index (χ2n) is 4.25. The van der Waals surface area contributed by atoms with Crippen LogP contribution in [-0.4, -0.2) is 6.04 Å². The Kier molecular flexibility index (Phi) is 3.94. The lowest BCUT2D eigenvalue weighted by molar-refractivity contribution is 0.531. The molecule has 0 saturated heterocycles. The second kappa shape index (κ2) is 5.64. The van der Waals surface area contributed by atoms with Crippen molar-refractivity contribution in [2.75, 3.05) is 0 Å². The van der Waals surface area contributed by atoms with Crippen LogP contribution >= 0.6 is 0 Å². The van der Waals surface area contributed by atoms with Crippen LogP contribution in [0.15, 0.2) is 47.3 Å². The normalized spacial score (nSPS) is 12.6. The molecule has 2 nitrogen and oxygen atoms in total. The smallest absolute Gasteiger partial charge is 0.123 e. The van der Waals surface area contributed by atoms with E-state index in [0.717, 1.165) is 24.1 Å². The van der Waals surface area contributed by atoms with Gasteiger partial charge in [-0.05, 0) is 37.1 Å². The molecule has 1 unspecified atom stereocenters. The number of halogens is 1. The first-order valence-corrected chi connectivity index (χ1v) is 5.73. The topological polar surface area (TPSA) is 25.2 Å². The van der Waals surface area contributed by atoms with E-state index in [1.54, 1.807) is 24.7 Å². The van der Waals surface area contributed by atoms with E-state index in [0.29, 0.717) is 6.04 Å². The molecule has 0 aliphatic carbocycles. The standard InChI is InChI=1S/C14H16FNO/c1-11(16-9-13-5-6-17-10-13)7-12-3-2-4-14(15)8-12/h2-6,8,10-11,16H,7,9H2,1H3. The summed E-state index contributed by atoms with van der Waals surface area (Å²) in [6.45, 7) is 2.86. The highest BCUT2D eigenvalue weighted by Crippen LogP contribution is 2.07. The number of hydrogen-bond donors (Lipinski definition) is 1. The number of rotatable bonds is 5. The summed E-state index contributed by atoms with van der Waals surface area (Å²) < 4.78 is 18.0. The first-order valence-electron chi connectivity index (χ1n) is 5.73. The van der Waals surface area contributed by atoms with E-state index in [2.05, 4.69) is 12.2 Å². The minimum Gasteiger partial charge on any atom is -0.472 e. The van der Waals surface area contributed by atoms with Gasteiger partial charge >= 0.3 is 0 Å². The summed E-state index contributed by atoms with van der Waals surface area (Å²) in [5, 5.41) is 3.37. The third-order valence-corrected chi connectivity index (χ3v) is 2.67. The molecule has 0 bridgehead atoms. The molecule has 17 heavy (non-hydrogen) atoms. The van der Waals surface area contributed by atoms with E-state index in [1.807, 2.05) is 12.1 Å². The molecule has 0 aliphatic rings. The molecule has 90 valence electrons. The largest absolute Gasteiger partial charge is 0.472 e. The Balaban J connectivity index is 1.83. The first-order chi connectivity index (χ1) is 8.24. The van der Waals surface area contributed by atoms with Gasteiger partial charge in [-0.3, -0.25) is 0 Å². The van der Waals surface area contributed by atoms with Crippen molar-refractivity contribution in [3.05, 3.63) is 59.8 Å². The zero-order chi connectivity index (χ0) is 12.1. The summed E-state index contributed by atoms with van der Waals surface area (Å²) in [6.07, 6.45) is 4.20. The molecule has 0 aliphatic heterocycles. The molecule has 3 heteroatoms. The number of hydrogen-bond acceptors (Lipinski definition) is 2. The van der Waals surface area contributed by atoms with E-state index in [1.165, 1.54) is 6.07 Å². The van der Waals surface area contributed by atoms with Gasteiger partial charge in [-0.1, -0.05) is 12.1 Å². The van der Waals surface area contributed by atoms with Crippen LogP contribution in [0.2, 0.25) is 0 Å². The van der Waals surface area contributed by atoms with Gasteiger partial charge in [0.2, 0.25) is 0 Å². The Morgan fingerprint density at radius 3 is 2.88 bits per heavy atom. The Bertz CT molecular complexity index is 453. The summed E-state index contributed by atoms with van der Waals surface area (Å²) in [4.78, 5) is 0. The lowest BCUT2D eigenvalue weighted by atomic mass is 10.1. The molecule has 1 N–H and O–H groups in total. The van der Waals surface area contributed by atoms with Gasteiger partial charge in [0.15, 0.2) is 0 Å². The maximum absolute atomic E-state index is 13.0. The summed E-state index contributed by atoms with van der Waals surface area (Å²) in [5.74, 6) is -0.176. The third-order valence-electron chi connectivity index (χ3n) is 2.67. The van der Waals surface area contributed by atoms with Gasteiger partial charge in [-0.25, -0.2) is 4.39 Å². The van der Waals surface area contributed by atoms with Gasteiger partial charge in [-0.2, -0.15) is 0 Å². The molecular weight excluding hydrogens is 217 g/mol. The van der Waals surface area contributed by atoms with E-state index < -0.39 is 0 Å². The maximum Gasteiger partial charge on any atom is 0.123 e. The van der Waals surface area contributed by atoms with Crippen LogP contribution in [0.4, 0.5) is 4.39 Å². The summed E-state index contributed by atoms with van der Waals surface area (Å²) >= 11 is 0. The monoisotopic (exact) mass is 233 g/mol. The van der Waals surface area contributed by atoms with Gasteiger partial charge < -0.3 is 9.73 Å². The quantitative estimate of drug-likeness (QED) is 0.858. The van der Waals surface area contributed by atoms with Crippen molar-refractivity contribution in [1.29, 1.82) is 0 Å². The van der Waals surface area contributed by atoms with Crippen LogP contribution in [-0.2, 0) is 13.0 Å². The predicted octanol–water partition coefficient (Wildman–Crippen LogP) is 3.14. The summed E-state index contributed by atoms with van der Waals surface area (Å²) in [6, 6.07) is 8.96. The van der Waals surface area contributed by atoms with E-state index in [9.17, 15) is 4.39 Å². The molecule has 1 aromatic carbocycles.